The molecule has 3 aliphatic heterocycles. The van der Waals surface area contributed by atoms with Crippen LogP contribution in [0.3, 0.4) is 0 Å². The predicted molar refractivity (Wildman–Crippen MR) is 159 cm³/mol. The van der Waals surface area contributed by atoms with Crippen LogP contribution in [0.25, 0.3) is 10.4 Å². The fraction of sp³-hybridized carbons (Fsp3) is 0.455. The zero-order chi connectivity index (χ0) is 31.0. The van der Waals surface area contributed by atoms with Gasteiger partial charge in [-0.25, -0.2) is 0 Å². The topological polar surface area (TPSA) is 154 Å². The Labute approximate surface area is 261 Å². The molecule has 0 spiro atoms. The minimum atomic E-state index is -1.22. The highest BCUT2D eigenvalue weighted by Crippen LogP contribution is 2.37. The first kappa shape index (κ1) is 31.6. The van der Waals surface area contributed by atoms with Crippen LogP contribution in [0.15, 0.2) is 96.1 Å². The van der Waals surface area contributed by atoms with Gasteiger partial charge in [-0.1, -0.05) is 96.1 Å². The molecule has 0 amide bonds. The van der Waals surface area contributed by atoms with Crippen molar-refractivity contribution in [2.24, 2.45) is 5.11 Å². The van der Waals surface area contributed by atoms with Gasteiger partial charge in [-0.2, -0.15) is 0 Å². The molecule has 2 bridgehead atoms. The highest BCUT2D eigenvalue weighted by Gasteiger charge is 2.55. The molecule has 3 saturated heterocycles. The van der Waals surface area contributed by atoms with Crippen LogP contribution in [0.1, 0.15) is 16.7 Å². The Kier molecular flexibility index (Phi) is 10.7. The summed E-state index contributed by atoms with van der Waals surface area (Å²) < 4.78 is 43.7. The summed E-state index contributed by atoms with van der Waals surface area (Å²) in [5.74, 6) is 0. The lowest BCUT2D eigenvalue weighted by Crippen LogP contribution is -2.64. The summed E-state index contributed by atoms with van der Waals surface area (Å²) >= 11 is 0. The first-order valence-corrected chi connectivity index (χ1v) is 15.0. The SMILES string of the molecule is [N-]=[N+]=N[C@H]1[C@@H]2OC[C@@H](O2)[C@@H](O[C@@H]2O[C@H](CO)[C@@H](O)[C@H](OCc3ccccc3)[C@H]2OCc2ccccc2)[C@@H]1OCc1ccccc1. The van der Waals surface area contributed by atoms with Crippen molar-refractivity contribution in [3.8, 4) is 0 Å². The Morgan fingerprint density at radius 1 is 0.733 bits per heavy atom. The minimum absolute atomic E-state index is 0.181. The Morgan fingerprint density at radius 3 is 1.80 bits per heavy atom. The maximum Gasteiger partial charge on any atom is 0.187 e. The maximum atomic E-state index is 11.3. The van der Waals surface area contributed by atoms with E-state index in [2.05, 4.69) is 10.0 Å². The van der Waals surface area contributed by atoms with Gasteiger partial charge in [-0.15, -0.1) is 0 Å². The van der Waals surface area contributed by atoms with Crippen molar-refractivity contribution in [3.63, 3.8) is 0 Å². The Bertz CT molecular complexity index is 1380. The Balaban J connectivity index is 1.28. The van der Waals surface area contributed by atoms with E-state index in [1.165, 1.54) is 0 Å². The summed E-state index contributed by atoms with van der Waals surface area (Å²) in [5.41, 5.74) is 12.1. The minimum Gasteiger partial charge on any atom is -0.394 e. The molecule has 0 saturated carbocycles. The molecule has 0 radical (unpaired) electrons. The number of hydrogen-bond acceptors (Lipinski definition) is 10. The van der Waals surface area contributed by atoms with Crippen molar-refractivity contribution < 1.29 is 43.4 Å². The molecule has 3 heterocycles. The summed E-state index contributed by atoms with van der Waals surface area (Å²) in [6.45, 7) is 0.290. The molecule has 238 valence electrons. The first-order valence-electron chi connectivity index (χ1n) is 15.0. The lowest BCUT2D eigenvalue weighted by Gasteiger charge is -2.47. The van der Waals surface area contributed by atoms with Gasteiger partial charge in [0.2, 0.25) is 0 Å². The van der Waals surface area contributed by atoms with Crippen LogP contribution in [0, 0.1) is 0 Å². The van der Waals surface area contributed by atoms with E-state index < -0.39 is 68.0 Å². The van der Waals surface area contributed by atoms with Gasteiger partial charge in [-0.3, -0.25) is 0 Å². The molecule has 2 N–H and O–H groups in total. The first-order chi connectivity index (χ1) is 22.1. The van der Waals surface area contributed by atoms with Crippen LogP contribution in [-0.2, 0) is 53.0 Å². The number of aliphatic hydroxyl groups excluding tert-OH is 2. The zero-order valence-electron chi connectivity index (χ0n) is 24.6. The van der Waals surface area contributed by atoms with Gasteiger partial charge in [0, 0.05) is 4.91 Å². The number of aliphatic hydroxyl groups is 2. The standard InChI is InChI=1S/C33H37N3O9/c34-36-35-26-29(39-17-21-10-4-1-5-11-21)28(25-20-42-32(26)44-25)45-33-31(41-19-23-14-8-3-9-15-23)30(27(38)24(16-37)43-33)40-18-22-12-6-2-7-13-22/h1-15,24-33,37-38H,16-20H2/t24-,25-,26-,27-,28-,29-,30+,31-,32-,33+/m1/s1. The summed E-state index contributed by atoms with van der Waals surface area (Å²) in [5, 5.41) is 25.5. The molecule has 10 atom stereocenters. The van der Waals surface area contributed by atoms with Gasteiger partial charge in [0.05, 0.1) is 33.0 Å². The lowest BCUT2D eigenvalue weighted by molar-refractivity contribution is -0.346. The molecule has 0 unspecified atom stereocenters. The van der Waals surface area contributed by atoms with Crippen molar-refractivity contribution in [2.45, 2.75) is 81.2 Å². The molecule has 3 fully saturated rings. The third-order valence-corrected chi connectivity index (χ3v) is 8.17. The summed E-state index contributed by atoms with van der Waals surface area (Å²) in [7, 11) is 0. The molecule has 3 aromatic rings. The molecule has 0 aromatic heterocycles. The van der Waals surface area contributed by atoms with Gasteiger partial charge in [0.1, 0.15) is 48.8 Å². The molecule has 6 rings (SSSR count). The van der Waals surface area contributed by atoms with E-state index >= 15 is 0 Å². The van der Waals surface area contributed by atoms with Gasteiger partial charge in [0.25, 0.3) is 0 Å². The maximum absolute atomic E-state index is 11.3. The molecular weight excluding hydrogens is 582 g/mol. The zero-order valence-corrected chi connectivity index (χ0v) is 24.6. The molecule has 12 nitrogen and oxygen atoms in total. The molecule has 12 heteroatoms. The van der Waals surface area contributed by atoms with Crippen LogP contribution < -0.4 is 0 Å². The van der Waals surface area contributed by atoms with E-state index in [-0.39, 0.29) is 26.4 Å². The van der Waals surface area contributed by atoms with E-state index in [0.29, 0.717) is 0 Å². The van der Waals surface area contributed by atoms with E-state index in [9.17, 15) is 15.7 Å². The van der Waals surface area contributed by atoms with Crippen molar-refractivity contribution in [1.82, 2.24) is 0 Å². The average Bonchev–Trinajstić information content (AvgIpc) is 3.52. The second kappa shape index (κ2) is 15.3. The highest BCUT2D eigenvalue weighted by molar-refractivity contribution is 5.15. The lowest BCUT2D eigenvalue weighted by atomic mass is 9.96. The second-order valence-electron chi connectivity index (χ2n) is 11.2. The monoisotopic (exact) mass is 619 g/mol. The molecule has 45 heavy (non-hydrogen) atoms. The Morgan fingerprint density at radius 2 is 1.27 bits per heavy atom. The number of ether oxygens (including phenoxy) is 7. The van der Waals surface area contributed by atoms with Crippen molar-refractivity contribution in [1.29, 1.82) is 0 Å². The number of nitrogens with zero attached hydrogens (tertiary/aromatic N) is 3. The number of azide groups is 1. The predicted octanol–water partition coefficient (Wildman–Crippen LogP) is 3.64. The van der Waals surface area contributed by atoms with Gasteiger partial charge < -0.3 is 43.4 Å². The van der Waals surface area contributed by atoms with Crippen LogP contribution in [0.4, 0.5) is 0 Å². The number of benzene rings is 3. The number of hydrogen-bond donors (Lipinski definition) is 2. The van der Waals surface area contributed by atoms with E-state index in [1.807, 2.05) is 91.0 Å². The van der Waals surface area contributed by atoms with Gasteiger partial charge in [0.15, 0.2) is 12.6 Å². The van der Waals surface area contributed by atoms with Crippen LogP contribution in [0.5, 0.6) is 0 Å². The van der Waals surface area contributed by atoms with Crippen molar-refractivity contribution >= 4 is 0 Å². The highest BCUT2D eigenvalue weighted by atomic mass is 16.8. The second-order valence-corrected chi connectivity index (χ2v) is 11.2. The fourth-order valence-electron chi connectivity index (χ4n) is 5.86. The van der Waals surface area contributed by atoms with Gasteiger partial charge in [-0.05, 0) is 22.2 Å². The Hall–Kier alpha value is -3.39. The molecular formula is C33H37N3O9. The fourth-order valence-corrected chi connectivity index (χ4v) is 5.86. The summed E-state index contributed by atoms with van der Waals surface area (Å²) in [6, 6.07) is 27.9. The number of rotatable bonds is 13. The van der Waals surface area contributed by atoms with Crippen LogP contribution in [-0.4, -0.2) is 84.8 Å². The summed E-state index contributed by atoms with van der Waals surface area (Å²) in [4.78, 5) is 3.03. The van der Waals surface area contributed by atoms with E-state index in [1.54, 1.807) is 0 Å². The van der Waals surface area contributed by atoms with Crippen LogP contribution in [0.2, 0.25) is 0 Å². The third-order valence-electron chi connectivity index (χ3n) is 8.17. The smallest absolute Gasteiger partial charge is 0.187 e. The third kappa shape index (κ3) is 7.54. The van der Waals surface area contributed by atoms with Crippen molar-refractivity contribution in [3.05, 3.63) is 118 Å². The quantitative estimate of drug-likeness (QED) is 0.166. The average molecular weight is 620 g/mol. The molecule has 3 aromatic carbocycles. The van der Waals surface area contributed by atoms with E-state index in [0.717, 1.165) is 16.7 Å². The van der Waals surface area contributed by atoms with Crippen molar-refractivity contribution in [2.75, 3.05) is 13.2 Å². The normalized spacial score (nSPS) is 32.6. The largest absolute Gasteiger partial charge is 0.394 e. The van der Waals surface area contributed by atoms with E-state index in [4.69, 9.17) is 33.2 Å². The number of fused-ring (bicyclic) bond motifs is 2. The van der Waals surface area contributed by atoms with Crippen LogP contribution >= 0.6 is 0 Å². The molecule has 3 aliphatic rings. The molecule has 0 aliphatic carbocycles. The summed E-state index contributed by atoms with van der Waals surface area (Å²) in [6.07, 6.45) is -8.19. The van der Waals surface area contributed by atoms with Gasteiger partial charge >= 0.3 is 0 Å².